The summed E-state index contributed by atoms with van der Waals surface area (Å²) in [5, 5.41) is 1.76. The van der Waals surface area contributed by atoms with Crippen molar-refractivity contribution in [3.8, 4) is 0 Å². The van der Waals surface area contributed by atoms with Crippen LogP contribution < -0.4 is 29.6 Å². The van der Waals surface area contributed by atoms with Gasteiger partial charge in [-0.05, 0) is 47.9 Å². The molecule has 0 unspecified atom stereocenters. The summed E-state index contributed by atoms with van der Waals surface area (Å²) in [5.41, 5.74) is 2.25. The molecule has 0 heterocycles. The summed E-state index contributed by atoms with van der Waals surface area (Å²) >= 11 is 0. The van der Waals surface area contributed by atoms with Crippen molar-refractivity contribution in [3.63, 3.8) is 0 Å². The zero-order valence-electron chi connectivity index (χ0n) is 10.0. The molecule has 3 nitrogen and oxygen atoms in total. The van der Waals surface area contributed by atoms with Gasteiger partial charge in [0.15, 0.2) is 0 Å². The number of aryl methyl sites for hydroxylation is 2. The van der Waals surface area contributed by atoms with Crippen molar-refractivity contribution in [1.29, 1.82) is 0 Å². The van der Waals surface area contributed by atoms with E-state index >= 15 is 0 Å². The minimum Gasteiger partial charge on any atom is -0.744 e. The fourth-order valence-corrected chi connectivity index (χ4v) is 2.23. The van der Waals surface area contributed by atoms with E-state index in [2.05, 4.69) is 0 Å². The van der Waals surface area contributed by atoms with E-state index in [4.69, 9.17) is 0 Å². The molecule has 0 fully saturated rings. The molecule has 0 aliphatic rings. The molecule has 2 aromatic rings. The van der Waals surface area contributed by atoms with E-state index in [0.29, 0.717) is 0 Å². The van der Waals surface area contributed by atoms with Crippen LogP contribution in [0.3, 0.4) is 0 Å². The maximum absolute atomic E-state index is 10.9. The SMILES string of the molecule is Cc1ccc2cc(S(=O)(=O)[O-])ccc2c1C.[Na+]. The number of rotatable bonds is 1. The van der Waals surface area contributed by atoms with E-state index in [1.54, 1.807) is 6.07 Å². The summed E-state index contributed by atoms with van der Waals surface area (Å²) < 4.78 is 32.6. The van der Waals surface area contributed by atoms with Gasteiger partial charge in [0, 0.05) is 0 Å². The summed E-state index contributed by atoms with van der Waals surface area (Å²) in [4.78, 5) is -0.178. The first-order valence-corrected chi connectivity index (χ1v) is 6.26. The molecule has 0 bridgehead atoms. The zero-order valence-corrected chi connectivity index (χ0v) is 12.8. The molecule has 0 atom stereocenters. The minimum atomic E-state index is -4.37. The first-order valence-electron chi connectivity index (χ1n) is 4.85. The van der Waals surface area contributed by atoms with Gasteiger partial charge in [-0.1, -0.05) is 18.2 Å². The Kier molecular flexibility index (Phi) is 4.38. The predicted octanol–water partition coefficient (Wildman–Crippen LogP) is -0.635. The number of fused-ring (bicyclic) bond motifs is 1. The molecule has 0 radical (unpaired) electrons. The van der Waals surface area contributed by atoms with Crippen molar-refractivity contribution < 1.29 is 42.5 Å². The normalized spacial score (nSPS) is 11.2. The molecule has 2 rings (SSSR count). The summed E-state index contributed by atoms with van der Waals surface area (Å²) in [6.45, 7) is 3.97. The molecular weight excluding hydrogens is 247 g/mol. The molecule has 17 heavy (non-hydrogen) atoms. The molecule has 0 aliphatic carbocycles. The van der Waals surface area contributed by atoms with E-state index in [-0.39, 0.29) is 34.5 Å². The van der Waals surface area contributed by atoms with Crippen LogP contribution in [-0.4, -0.2) is 13.0 Å². The Labute approximate surface area is 123 Å². The van der Waals surface area contributed by atoms with Gasteiger partial charge in [-0.25, -0.2) is 8.42 Å². The molecule has 5 heteroatoms. The molecule has 2 aromatic carbocycles. The second-order valence-electron chi connectivity index (χ2n) is 3.84. The Bertz CT molecular complexity index is 663. The first kappa shape index (κ1) is 14.7. The summed E-state index contributed by atoms with van der Waals surface area (Å²) in [6, 6.07) is 8.20. The average Bonchev–Trinajstić information content (AvgIpc) is 2.22. The van der Waals surface area contributed by atoms with Crippen LogP contribution in [0.15, 0.2) is 35.2 Å². The van der Waals surface area contributed by atoms with Crippen LogP contribution in [0.2, 0.25) is 0 Å². The third-order valence-electron chi connectivity index (χ3n) is 2.82. The fraction of sp³-hybridized carbons (Fsp3) is 0.167. The van der Waals surface area contributed by atoms with Crippen LogP contribution in [0, 0.1) is 13.8 Å². The molecule has 0 aromatic heterocycles. The molecule has 84 valence electrons. The van der Waals surface area contributed by atoms with Crippen LogP contribution in [0.5, 0.6) is 0 Å². The molecule has 0 aliphatic heterocycles. The summed E-state index contributed by atoms with van der Waals surface area (Å²) in [5.74, 6) is 0. The molecule has 0 amide bonds. The van der Waals surface area contributed by atoms with Crippen molar-refractivity contribution in [3.05, 3.63) is 41.5 Å². The Morgan fingerprint density at radius 3 is 2.29 bits per heavy atom. The van der Waals surface area contributed by atoms with Gasteiger partial charge in [-0.3, -0.25) is 0 Å². The second-order valence-corrected chi connectivity index (χ2v) is 5.22. The summed E-state index contributed by atoms with van der Waals surface area (Å²) in [7, 11) is -4.37. The van der Waals surface area contributed by atoms with Crippen LogP contribution in [-0.2, 0) is 10.1 Å². The maximum atomic E-state index is 10.9. The van der Waals surface area contributed by atoms with Crippen LogP contribution in [0.4, 0.5) is 0 Å². The van der Waals surface area contributed by atoms with Gasteiger partial charge in [-0.15, -0.1) is 0 Å². The van der Waals surface area contributed by atoms with Crippen molar-refractivity contribution in [2.75, 3.05) is 0 Å². The van der Waals surface area contributed by atoms with E-state index in [1.165, 1.54) is 12.1 Å². The van der Waals surface area contributed by atoms with Gasteiger partial charge in [0.05, 0.1) is 4.90 Å². The topological polar surface area (TPSA) is 57.2 Å². The molecular formula is C12H11NaO3S. The quantitative estimate of drug-likeness (QED) is 0.505. The Balaban J connectivity index is 0.00000144. The van der Waals surface area contributed by atoms with Gasteiger partial charge in [0.1, 0.15) is 10.1 Å². The van der Waals surface area contributed by atoms with Gasteiger partial charge in [0.25, 0.3) is 0 Å². The Morgan fingerprint density at radius 1 is 1.06 bits per heavy atom. The largest absolute Gasteiger partial charge is 1.00 e. The fourth-order valence-electron chi connectivity index (χ4n) is 1.73. The Morgan fingerprint density at radius 2 is 1.71 bits per heavy atom. The molecule has 0 saturated heterocycles. The number of hydrogen-bond donors (Lipinski definition) is 0. The third-order valence-corrected chi connectivity index (χ3v) is 3.65. The number of benzene rings is 2. The number of hydrogen-bond acceptors (Lipinski definition) is 3. The molecule has 0 saturated carbocycles. The van der Waals surface area contributed by atoms with Crippen LogP contribution >= 0.6 is 0 Å². The minimum absolute atomic E-state index is 0. The van der Waals surface area contributed by atoms with Gasteiger partial charge >= 0.3 is 29.6 Å². The van der Waals surface area contributed by atoms with Gasteiger partial charge < -0.3 is 4.55 Å². The zero-order chi connectivity index (χ0) is 11.9. The standard InChI is InChI=1S/C12H12O3S.Na/c1-8-3-4-10-7-11(16(13,14)15)5-6-12(10)9(8)2;/h3-7H,1-2H3,(H,13,14,15);/q;+1/p-1. The van der Waals surface area contributed by atoms with Crippen molar-refractivity contribution in [2.24, 2.45) is 0 Å². The van der Waals surface area contributed by atoms with E-state index < -0.39 is 10.1 Å². The van der Waals surface area contributed by atoms with Gasteiger partial charge in [-0.2, -0.15) is 0 Å². The molecule has 0 spiro atoms. The van der Waals surface area contributed by atoms with Crippen molar-refractivity contribution in [2.45, 2.75) is 18.7 Å². The summed E-state index contributed by atoms with van der Waals surface area (Å²) in [6.07, 6.45) is 0. The first-order chi connectivity index (χ1) is 7.39. The monoisotopic (exact) mass is 258 g/mol. The van der Waals surface area contributed by atoms with E-state index in [0.717, 1.165) is 21.9 Å². The second kappa shape index (κ2) is 5.08. The van der Waals surface area contributed by atoms with Gasteiger partial charge in [0.2, 0.25) is 0 Å². The molecule has 0 N–H and O–H groups in total. The Hall–Kier alpha value is -0.390. The predicted molar refractivity (Wildman–Crippen MR) is 61.4 cm³/mol. The van der Waals surface area contributed by atoms with E-state index in [9.17, 15) is 13.0 Å². The van der Waals surface area contributed by atoms with Crippen LogP contribution in [0.1, 0.15) is 11.1 Å². The third kappa shape index (κ3) is 2.89. The van der Waals surface area contributed by atoms with Crippen molar-refractivity contribution in [1.82, 2.24) is 0 Å². The average molecular weight is 258 g/mol. The smallest absolute Gasteiger partial charge is 0.744 e. The van der Waals surface area contributed by atoms with Crippen molar-refractivity contribution >= 4 is 20.9 Å². The van der Waals surface area contributed by atoms with Crippen LogP contribution in [0.25, 0.3) is 10.8 Å². The van der Waals surface area contributed by atoms with E-state index in [1.807, 2.05) is 26.0 Å². The maximum Gasteiger partial charge on any atom is 1.00 e.